The quantitative estimate of drug-likeness (QED) is 0.441. The van der Waals surface area contributed by atoms with Crippen molar-refractivity contribution in [3.63, 3.8) is 0 Å². The Labute approximate surface area is 192 Å². The van der Waals surface area contributed by atoms with E-state index in [2.05, 4.69) is 21.4 Å². The zero-order valence-corrected chi connectivity index (χ0v) is 18.6. The van der Waals surface area contributed by atoms with E-state index in [0.717, 1.165) is 33.5 Å². The first kappa shape index (κ1) is 20.7. The van der Waals surface area contributed by atoms with Crippen molar-refractivity contribution in [3.05, 3.63) is 60.0 Å². The molecule has 5 rings (SSSR count). The van der Waals surface area contributed by atoms with Crippen molar-refractivity contribution in [2.45, 2.75) is 0 Å². The average molecular weight is 468 g/mol. The van der Waals surface area contributed by atoms with Crippen molar-refractivity contribution in [1.82, 2.24) is 14.9 Å². The number of halogens is 2. The number of fused-ring (bicyclic) bond motifs is 2. The van der Waals surface area contributed by atoms with Crippen molar-refractivity contribution in [1.29, 1.82) is 0 Å². The van der Waals surface area contributed by atoms with Crippen LogP contribution in [-0.2, 0) is 4.79 Å². The second kappa shape index (κ2) is 8.03. The van der Waals surface area contributed by atoms with Gasteiger partial charge in [0.1, 0.15) is 5.82 Å². The van der Waals surface area contributed by atoms with E-state index in [1.807, 2.05) is 18.2 Å². The third-order valence-electron chi connectivity index (χ3n) is 5.72. The Morgan fingerprint density at radius 3 is 2.72 bits per heavy atom. The maximum Gasteiger partial charge on any atom is 0.246 e. The minimum Gasteiger partial charge on any atom is -0.375 e. The molecule has 0 aliphatic carbocycles. The van der Waals surface area contributed by atoms with Gasteiger partial charge in [0.25, 0.3) is 0 Å². The molecule has 2 aromatic heterocycles. The summed E-state index contributed by atoms with van der Waals surface area (Å²) in [6.07, 6.45) is 3.11. The molecule has 2 N–H and O–H groups in total. The van der Waals surface area contributed by atoms with Crippen LogP contribution in [-0.4, -0.2) is 47.0 Å². The minimum absolute atomic E-state index is 0.0507. The number of aromatic nitrogens is 2. The van der Waals surface area contributed by atoms with Crippen molar-refractivity contribution >= 4 is 60.8 Å². The van der Waals surface area contributed by atoms with Gasteiger partial charge in [0.15, 0.2) is 5.13 Å². The van der Waals surface area contributed by atoms with E-state index in [9.17, 15) is 9.18 Å². The van der Waals surface area contributed by atoms with Gasteiger partial charge in [0.2, 0.25) is 5.91 Å². The molecule has 1 amide bonds. The van der Waals surface area contributed by atoms with Gasteiger partial charge >= 0.3 is 0 Å². The summed E-state index contributed by atoms with van der Waals surface area (Å²) >= 11 is 7.83. The summed E-state index contributed by atoms with van der Waals surface area (Å²) in [7, 11) is 0. The molecule has 0 atom stereocenters. The lowest BCUT2D eigenvalue weighted by Crippen LogP contribution is -2.48. The molecule has 1 aliphatic rings. The molecule has 0 saturated carbocycles. The minimum atomic E-state index is -0.357. The molecule has 1 aliphatic heterocycles. The van der Waals surface area contributed by atoms with E-state index in [-0.39, 0.29) is 11.7 Å². The van der Waals surface area contributed by atoms with Crippen LogP contribution in [0.1, 0.15) is 0 Å². The monoisotopic (exact) mass is 467 g/mol. The van der Waals surface area contributed by atoms with Crippen LogP contribution in [0.15, 0.2) is 49.2 Å². The third kappa shape index (κ3) is 3.45. The van der Waals surface area contributed by atoms with E-state index < -0.39 is 0 Å². The second-order valence-electron chi connectivity index (χ2n) is 7.52. The Morgan fingerprint density at radius 2 is 1.97 bits per heavy atom. The maximum absolute atomic E-state index is 14.2. The van der Waals surface area contributed by atoms with E-state index in [4.69, 9.17) is 17.3 Å². The molecule has 4 aromatic rings. The molecule has 1 fully saturated rings. The highest BCUT2D eigenvalue weighted by Gasteiger charge is 2.22. The van der Waals surface area contributed by atoms with Crippen molar-refractivity contribution in [2.24, 2.45) is 0 Å². The van der Waals surface area contributed by atoms with Gasteiger partial charge in [-0.1, -0.05) is 29.5 Å². The number of anilines is 2. The number of carbonyl (C=O) groups excluding carboxylic acids is 1. The predicted octanol–water partition coefficient (Wildman–Crippen LogP) is 4.72. The first-order valence-electron chi connectivity index (χ1n) is 10.1. The fourth-order valence-corrected chi connectivity index (χ4v) is 5.17. The molecule has 162 valence electrons. The highest BCUT2D eigenvalue weighted by atomic mass is 35.5. The lowest BCUT2D eigenvalue weighted by molar-refractivity contribution is -0.126. The number of nitrogen functional groups attached to an aromatic ring is 1. The lowest BCUT2D eigenvalue weighted by Gasteiger charge is -2.36. The topological polar surface area (TPSA) is 75.4 Å². The zero-order valence-electron chi connectivity index (χ0n) is 17.0. The summed E-state index contributed by atoms with van der Waals surface area (Å²) < 4.78 is 14.6. The molecule has 0 radical (unpaired) electrons. The Bertz CT molecular complexity index is 1380. The van der Waals surface area contributed by atoms with Gasteiger partial charge in [-0.15, -0.1) is 0 Å². The summed E-state index contributed by atoms with van der Waals surface area (Å²) in [4.78, 5) is 24.8. The summed E-state index contributed by atoms with van der Waals surface area (Å²) in [5, 5.41) is 1.74. The number of thiazole rings is 1. The van der Waals surface area contributed by atoms with Gasteiger partial charge in [-0.25, -0.2) is 9.37 Å². The maximum atomic E-state index is 14.2. The smallest absolute Gasteiger partial charge is 0.246 e. The first-order chi connectivity index (χ1) is 15.5. The number of nitrogens with two attached hydrogens (primary N) is 1. The van der Waals surface area contributed by atoms with Gasteiger partial charge in [0.05, 0.1) is 15.7 Å². The predicted molar refractivity (Wildman–Crippen MR) is 129 cm³/mol. The van der Waals surface area contributed by atoms with Crippen LogP contribution in [0.5, 0.6) is 0 Å². The van der Waals surface area contributed by atoms with Crippen molar-refractivity contribution in [2.75, 3.05) is 36.8 Å². The van der Waals surface area contributed by atoms with E-state index in [1.54, 1.807) is 17.2 Å². The van der Waals surface area contributed by atoms with E-state index in [1.165, 1.54) is 12.1 Å². The number of pyridine rings is 1. The highest BCUT2D eigenvalue weighted by Crippen LogP contribution is 2.40. The van der Waals surface area contributed by atoms with Gasteiger partial charge in [0, 0.05) is 59.6 Å². The first-order valence-corrected chi connectivity index (χ1v) is 11.2. The Balaban J connectivity index is 1.56. The van der Waals surface area contributed by atoms with Crippen LogP contribution in [0.2, 0.25) is 5.02 Å². The zero-order chi connectivity index (χ0) is 22.4. The molecule has 2 aromatic carbocycles. The number of piperazine rings is 1. The van der Waals surface area contributed by atoms with E-state index in [0.29, 0.717) is 52.1 Å². The normalized spacial score (nSPS) is 14.3. The van der Waals surface area contributed by atoms with Crippen LogP contribution in [0, 0.1) is 5.82 Å². The Hall–Kier alpha value is -3.23. The number of benzene rings is 2. The van der Waals surface area contributed by atoms with Crippen LogP contribution in [0.3, 0.4) is 0 Å². The van der Waals surface area contributed by atoms with Gasteiger partial charge in [-0.2, -0.15) is 0 Å². The second-order valence-corrected chi connectivity index (χ2v) is 8.96. The van der Waals surface area contributed by atoms with Crippen LogP contribution >= 0.6 is 22.9 Å². The largest absolute Gasteiger partial charge is 0.375 e. The Kier molecular flexibility index (Phi) is 5.19. The fourth-order valence-electron chi connectivity index (χ4n) is 4.14. The average Bonchev–Trinajstić information content (AvgIpc) is 3.21. The highest BCUT2D eigenvalue weighted by molar-refractivity contribution is 7.22. The summed E-state index contributed by atoms with van der Waals surface area (Å²) in [6.45, 7) is 6.22. The molecule has 0 spiro atoms. The number of hydrogen-bond acceptors (Lipinski definition) is 6. The number of nitrogens with zero attached hydrogens (tertiary/aromatic N) is 4. The number of amides is 1. The summed E-state index contributed by atoms with van der Waals surface area (Å²) in [5.41, 5.74) is 9.54. The Morgan fingerprint density at radius 1 is 1.19 bits per heavy atom. The van der Waals surface area contributed by atoms with Gasteiger partial charge < -0.3 is 15.5 Å². The number of hydrogen-bond donors (Lipinski definition) is 1. The molecular weight excluding hydrogens is 449 g/mol. The van der Waals surface area contributed by atoms with Gasteiger partial charge in [-0.3, -0.25) is 9.78 Å². The molecule has 1 saturated heterocycles. The van der Waals surface area contributed by atoms with Crippen LogP contribution in [0.4, 0.5) is 15.2 Å². The SMILES string of the molecule is C=CC(=O)N1CCN(c2ccnc3cc(-c4ccc(F)c5sc(N)nc45)c(Cl)cc23)CC1. The number of rotatable bonds is 3. The molecule has 0 unspecified atom stereocenters. The standard InChI is InChI=1S/C23H19ClFN5OS/c1-2-20(31)30-9-7-29(8-10-30)19-5-6-27-18-12-14(16(24)11-15(18)19)13-3-4-17(25)22-21(13)28-23(26)32-22/h2-6,11-12H,1,7-10H2,(H2,26,28). The molecule has 6 nitrogen and oxygen atoms in total. The molecule has 9 heteroatoms. The van der Waals surface area contributed by atoms with Gasteiger partial charge in [-0.05, 0) is 36.4 Å². The summed E-state index contributed by atoms with van der Waals surface area (Å²) in [5.74, 6) is -0.408. The molecule has 3 heterocycles. The number of carbonyl (C=O) groups is 1. The van der Waals surface area contributed by atoms with E-state index >= 15 is 0 Å². The molecule has 32 heavy (non-hydrogen) atoms. The van der Waals surface area contributed by atoms with Crippen molar-refractivity contribution in [3.8, 4) is 11.1 Å². The molecule has 0 bridgehead atoms. The lowest BCUT2D eigenvalue weighted by atomic mass is 10.0. The van der Waals surface area contributed by atoms with Crippen LogP contribution < -0.4 is 10.6 Å². The third-order valence-corrected chi connectivity index (χ3v) is 6.92. The fraction of sp³-hybridized carbons (Fsp3) is 0.174. The van der Waals surface area contributed by atoms with Crippen LogP contribution in [0.25, 0.3) is 32.2 Å². The molecular formula is C23H19ClFN5OS. The van der Waals surface area contributed by atoms with Crippen molar-refractivity contribution < 1.29 is 9.18 Å². The summed E-state index contributed by atoms with van der Waals surface area (Å²) in [6, 6.07) is 8.83.